The summed E-state index contributed by atoms with van der Waals surface area (Å²) in [4.78, 5) is 33.0. The van der Waals surface area contributed by atoms with Crippen molar-refractivity contribution in [3.05, 3.63) is 53.9 Å². The fourth-order valence-corrected chi connectivity index (χ4v) is 3.32. The second-order valence-electron chi connectivity index (χ2n) is 6.63. The second-order valence-corrected chi connectivity index (χ2v) is 6.63. The van der Waals surface area contributed by atoms with Crippen LogP contribution in [0.2, 0.25) is 0 Å². The van der Waals surface area contributed by atoms with Crippen LogP contribution in [0.5, 0.6) is 11.5 Å². The van der Waals surface area contributed by atoms with Crippen molar-refractivity contribution in [2.45, 2.75) is 12.8 Å². The lowest BCUT2D eigenvalue weighted by Crippen LogP contribution is -2.38. The summed E-state index contributed by atoms with van der Waals surface area (Å²) in [5, 5.41) is 0. The summed E-state index contributed by atoms with van der Waals surface area (Å²) < 4.78 is 10.5. The third-order valence-electron chi connectivity index (χ3n) is 4.85. The first-order chi connectivity index (χ1) is 13.6. The Balaban J connectivity index is 1.61. The minimum absolute atomic E-state index is 0.0395. The molecule has 7 nitrogen and oxygen atoms in total. The highest BCUT2D eigenvalue weighted by Gasteiger charge is 2.23. The van der Waals surface area contributed by atoms with Crippen molar-refractivity contribution < 1.29 is 19.1 Å². The second kappa shape index (κ2) is 9.21. The third-order valence-corrected chi connectivity index (χ3v) is 4.85. The number of pyridine rings is 1. The van der Waals surface area contributed by atoms with E-state index >= 15 is 0 Å². The van der Waals surface area contributed by atoms with E-state index in [1.165, 1.54) is 0 Å². The van der Waals surface area contributed by atoms with E-state index in [4.69, 9.17) is 9.47 Å². The molecule has 0 aliphatic carbocycles. The fraction of sp³-hybridized carbons (Fsp3) is 0.381. The third kappa shape index (κ3) is 4.60. The molecule has 3 rings (SSSR count). The van der Waals surface area contributed by atoms with Gasteiger partial charge in [0.05, 0.1) is 26.2 Å². The largest absolute Gasteiger partial charge is 0.493 e. The standard InChI is InChI=1S/C21H25N3O4/c1-27-18-7-6-16(13-19(18)28-2)14-20(25)23-9-4-10-24(12-11-23)21(26)17-5-3-8-22-15-17/h3,5-8,13,15H,4,9-12,14H2,1-2H3. The molecule has 0 N–H and O–H groups in total. The quantitative estimate of drug-likeness (QED) is 0.790. The van der Waals surface area contributed by atoms with Crippen LogP contribution in [0.4, 0.5) is 0 Å². The molecule has 2 aromatic rings. The van der Waals surface area contributed by atoms with Gasteiger partial charge in [-0.2, -0.15) is 0 Å². The number of hydrogen-bond donors (Lipinski definition) is 0. The zero-order valence-corrected chi connectivity index (χ0v) is 16.3. The van der Waals surface area contributed by atoms with Crippen LogP contribution in [0.3, 0.4) is 0 Å². The number of ether oxygens (including phenoxy) is 2. The first kappa shape index (κ1) is 19.7. The van der Waals surface area contributed by atoms with Gasteiger partial charge >= 0.3 is 0 Å². The molecule has 2 amide bonds. The van der Waals surface area contributed by atoms with Gasteiger partial charge in [0.1, 0.15) is 0 Å². The summed E-state index contributed by atoms with van der Waals surface area (Å²) in [5.41, 5.74) is 1.45. The van der Waals surface area contributed by atoms with E-state index < -0.39 is 0 Å². The molecule has 1 aromatic heterocycles. The lowest BCUT2D eigenvalue weighted by atomic mass is 10.1. The van der Waals surface area contributed by atoms with Crippen LogP contribution in [0.1, 0.15) is 22.3 Å². The van der Waals surface area contributed by atoms with E-state index in [1.54, 1.807) is 49.7 Å². The van der Waals surface area contributed by atoms with Gasteiger partial charge in [-0.05, 0) is 36.2 Å². The molecule has 1 aliphatic rings. The highest BCUT2D eigenvalue weighted by Crippen LogP contribution is 2.27. The Morgan fingerprint density at radius 1 is 1.00 bits per heavy atom. The SMILES string of the molecule is COc1ccc(CC(=O)N2CCCN(C(=O)c3cccnc3)CC2)cc1OC. The highest BCUT2D eigenvalue weighted by atomic mass is 16.5. The maximum Gasteiger partial charge on any atom is 0.255 e. The number of hydrogen-bond acceptors (Lipinski definition) is 5. The molecule has 0 radical (unpaired) electrons. The first-order valence-electron chi connectivity index (χ1n) is 9.30. The van der Waals surface area contributed by atoms with E-state index in [9.17, 15) is 9.59 Å². The number of benzene rings is 1. The van der Waals surface area contributed by atoms with Crippen LogP contribution >= 0.6 is 0 Å². The van der Waals surface area contributed by atoms with Crippen molar-refractivity contribution in [3.63, 3.8) is 0 Å². The maximum atomic E-state index is 12.8. The number of nitrogens with zero attached hydrogens (tertiary/aromatic N) is 3. The fourth-order valence-electron chi connectivity index (χ4n) is 3.32. The summed E-state index contributed by atoms with van der Waals surface area (Å²) in [5.74, 6) is 1.25. The van der Waals surface area contributed by atoms with Crippen LogP contribution in [0.15, 0.2) is 42.7 Å². The Hall–Kier alpha value is -3.09. The van der Waals surface area contributed by atoms with Crippen molar-refractivity contribution in [2.24, 2.45) is 0 Å². The van der Waals surface area contributed by atoms with Gasteiger partial charge in [0, 0.05) is 38.6 Å². The molecule has 148 valence electrons. The summed E-state index contributed by atoms with van der Waals surface area (Å²) >= 11 is 0. The van der Waals surface area contributed by atoms with Gasteiger partial charge in [-0.15, -0.1) is 0 Å². The summed E-state index contributed by atoms with van der Waals surface area (Å²) in [7, 11) is 3.16. The Morgan fingerprint density at radius 3 is 2.46 bits per heavy atom. The number of methoxy groups -OCH3 is 2. The molecule has 0 atom stereocenters. The van der Waals surface area contributed by atoms with Gasteiger partial charge in [0.2, 0.25) is 5.91 Å². The van der Waals surface area contributed by atoms with E-state index in [0.717, 1.165) is 12.0 Å². The molecule has 1 aromatic carbocycles. The lowest BCUT2D eigenvalue weighted by molar-refractivity contribution is -0.130. The predicted octanol–water partition coefficient (Wildman–Crippen LogP) is 2.02. The van der Waals surface area contributed by atoms with Crippen LogP contribution in [0, 0.1) is 0 Å². The summed E-state index contributed by atoms with van der Waals surface area (Å²) in [6, 6.07) is 9.02. The van der Waals surface area contributed by atoms with Crippen molar-refractivity contribution in [2.75, 3.05) is 40.4 Å². The van der Waals surface area contributed by atoms with E-state index in [1.807, 2.05) is 17.0 Å². The molecular weight excluding hydrogens is 358 g/mol. The molecule has 0 saturated carbocycles. The van der Waals surface area contributed by atoms with Gasteiger partial charge in [-0.3, -0.25) is 14.6 Å². The molecule has 0 spiro atoms. The van der Waals surface area contributed by atoms with Crippen LogP contribution in [0.25, 0.3) is 0 Å². The van der Waals surface area contributed by atoms with Crippen molar-refractivity contribution >= 4 is 11.8 Å². The summed E-state index contributed by atoms with van der Waals surface area (Å²) in [6.07, 6.45) is 4.27. The molecular formula is C21H25N3O4. The molecule has 28 heavy (non-hydrogen) atoms. The smallest absolute Gasteiger partial charge is 0.255 e. The maximum absolute atomic E-state index is 12.8. The van der Waals surface area contributed by atoms with Gasteiger partial charge in [0.15, 0.2) is 11.5 Å². The van der Waals surface area contributed by atoms with Gasteiger partial charge in [0.25, 0.3) is 5.91 Å². The Morgan fingerprint density at radius 2 is 1.75 bits per heavy atom. The van der Waals surface area contributed by atoms with E-state index in [-0.39, 0.29) is 18.2 Å². The average Bonchev–Trinajstić information content (AvgIpc) is 3.00. The number of amides is 2. The molecule has 1 saturated heterocycles. The van der Waals surface area contributed by atoms with Crippen molar-refractivity contribution in [3.8, 4) is 11.5 Å². The molecule has 1 aliphatic heterocycles. The van der Waals surface area contributed by atoms with Crippen molar-refractivity contribution in [1.82, 2.24) is 14.8 Å². The zero-order chi connectivity index (χ0) is 19.9. The van der Waals surface area contributed by atoms with Gasteiger partial charge < -0.3 is 19.3 Å². The van der Waals surface area contributed by atoms with Gasteiger partial charge in [-0.1, -0.05) is 6.07 Å². The van der Waals surface area contributed by atoms with Crippen LogP contribution < -0.4 is 9.47 Å². The number of carbonyl (C=O) groups excluding carboxylic acids is 2. The van der Waals surface area contributed by atoms with Gasteiger partial charge in [-0.25, -0.2) is 0 Å². The summed E-state index contributed by atoms with van der Waals surface area (Å²) in [6.45, 7) is 2.32. The number of carbonyl (C=O) groups is 2. The minimum Gasteiger partial charge on any atom is -0.493 e. The topological polar surface area (TPSA) is 72.0 Å². The molecule has 2 heterocycles. The normalized spacial score (nSPS) is 14.4. The van der Waals surface area contributed by atoms with Crippen LogP contribution in [-0.4, -0.2) is 67.0 Å². The van der Waals surface area contributed by atoms with E-state index in [2.05, 4.69) is 4.98 Å². The number of rotatable bonds is 5. The lowest BCUT2D eigenvalue weighted by Gasteiger charge is -2.22. The molecule has 0 bridgehead atoms. The monoisotopic (exact) mass is 383 g/mol. The minimum atomic E-state index is -0.0395. The Labute approximate surface area is 164 Å². The Bertz CT molecular complexity index is 826. The Kier molecular flexibility index (Phi) is 6.47. The average molecular weight is 383 g/mol. The van der Waals surface area contributed by atoms with Crippen molar-refractivity contribution in [1.29, 1.82) is 0 Å². The van der Waals surface area contributed by atoms with Crippen LogP contribution in [-0.2, 0) is 11.2 Å². The predicted molar refractivity (Wildman–Crippen MR) is 105 cm³/mol. The number of aromatic nitrogens is 1. The first-order valence-corrected chi connectivity index (χ1v) is 9.30. The molecule has 7 heteroatoms. The van der Waals surface area contributed by atoms with E-state index in [0.29, 0.717) is 43.2 Å². The zero-order valence-electron chi connectivity index (χ0n) is 16.3. The molecule has 0 unspecified atom stereocenters. The molecule has 1 fully saturated rings. The highest BCUT2D eigenvalue weighted by molar-refractivity contribution is 5.94.